The number of hydrogen-bond acceptors (Lipinski definition) is 6. The van der Waals surface area contributed by atoms with Gasteiger partial charge in [0, 0.05) is 11.6 Å². The van der Waals surface area contributed by atoms with E-state index in [1.165, 1.54) is 49.7 Å². The molecule has 0 aliphatic carbocycles. The Morgan fingerprint density at radius 2 is 1.86 bits per heavy atom. The third kappa shape index (κ3) is 4.54. The van der Waals surface area contributed by atoms with Crippen LogP contribution in [0.1, 0.15) is 0 Å². The van der Waals surface area contributed by atoms with E-state index in [4.69, 9.17) is 4.74 Å². The van der Waals surface area contributed by atoms with E-state index in [-0.39, 0.29) is 21.4 Å². The second-order valence-corrected chi connectivity index (χ2v) is 8.28. The molecule has 0 radical (unpaired) electrons. The largest absolute Gasteiger partial charge is 0.494 e. The zero-order valence-electron chi connectivity index (χ0n) is 14.2. The van der Waals surface area contributed by atoms with E-state index in [0.717, 1.165) is 17.4 Å². The van der Waals surface area contributed by atoms with Gasteiger partial charge in [-0.15, -0.1) is 11.3 Å². The Morgan fingerprint density at radius 3 is 2.50 bits per heavy atom. The van der Waals surface area contributed by atoms with Crippen LogP contribution in [-0.2, 0) is 10.0 Å². The molecule has 1 heterocycles. The molecular formula is C17H13F3N2O4S2. The van der Waals surface area contributed by atoms with Gasteiger partial charge >= 0.3 is 6.61 Å². The van der Waals surface area contributed by atoms with Gasteiger partial charge in [-0.25, -0.2) is 17.8 Å². The van der Waals surface area contributed by atoms with E-state index in [0.29, 0.717) is 10.6 Å². The molecule has 0 saturated carbocycles. The Hall–Kier alpha value is -2.79. The molecule has 0 amide bonds. The van der Waals surface area contributed by atoms with Gasteiger partial charge in [0.25, 0.3) is 10.0 Å². The number of ether oxygens (including phenoxy) is 2. The molecule has 0 atom stereocenters. The standard InChI is InChI=1S/C17H13F3N2O4S2/c1-25-14-8-12(26-17(19)20)6-7-13(14)22-28(23,24)15-9-21-16(27-15)10-2-4-11(18)5-3-10/h2-9,17,22H,1H3. The molecule has 6 nitrogen and oxygen atoms in total. The summed E-state index contributed by atoms with van der Waals surface area (Å²) in [6.45, 7) is -3.02. The topological polar surface area (TPSA) is 77.5 Å². The second-order valence-electron chi connectivity index (χ2n) is 5.34. The minimum absolute atomic E-state index is 0.00463. The molecule has 148 valence electrons. The van der Waals surface area contributed by atoms with Gasteiger partial charge in [0.05, 0.1) is 19.0 Å². The number of halogens is 3. The number of anilines is 1. The van der Waals surface area contributed by atoms with Crippen molar-refractivity contribution in [2.24, 2.45) is 0 Å². The lowest BCUT2D eigenvalue weighted by Crippen LogP contribution is -2.12. The lowest BCUT2D eigenvalue weighted by molar-refractivity contribution is -0.0499. The Labute approximate surface area is 162 Å². The van der Waals surface area contributed by atoms with Crippen molar-refractivity contribution < 1.29 is 31.1 Å². The van der Waals surface area contributed by atoms with Crippen molar-refractivity contribution in [3.05, 3.63) is 54.5 Å². The van der Waals surface area contributed by atoms with Crippen molar-refractivity contribution in [3.63, 3.8) is 0 Å². The summed E-state index contributed by atoms with van der Waals surface area (Å²) in [7, 11) is -2.75. The summed E-state index contributed by atoms with van der Waals surface area (Å²) in [5.41, 5.74) is 0.611. The quantitative estimate of drug-likeness (QED) is 0.603. The van der Waals surface area contributed by atoms with Crippen LogP contribution in [0, 0.1) is 5.82 Å². The summed E-state index contributed by atoms with van der Waals surface area (Å²) in [6, 6.07) is 9.04. The van der Waals surface area contributed by atoms with Crippen molar-refractivity contribution in [1.82, 2.24) is 4.98 Å². The van der Waals surface area contributed by atoms with Gasteiger partial charge in [-0.1, -0.05) is 0 Å². The average molecular weight is 430 g/mol. The highest BCUT2D eigenvalue weighted by molar-refractivity contribution is 7.94. The Morgan fingerprint density at radius 1 is 1.14 bits per heavy atom. The molecule has 3 aromatic rings. The summed E-state index contributed by atoms with van der Waals surface area (Å²) in [4.78, 5) is 4.06. The number of aromatic nitrogens is 1. The Balaban J connectivity index is 1.85. The Kier molecular flexibility index (Phi) is 5.75. The summed E-state index contributed by atoms with van der Waals surface area (Å²) >= 11 is 0.894. The number of nitrogens with one attached hydrogen (secondary N) is 1. The van der Waals surface area contributed by atoms with Gasteiger partial charge in [-0.05, 0) is 36.4 Å². The molecule has 1 N–H and O–H groups in total. The molecule has 1 aromatic heterocycles. The van der Waals surface area contributed by atoms with Crippen LogP contribution in [0.5, 0.6) is 11.5 Å². The monoisotopic (exact) mass is 430 g/mol. The van der Waals surface area contributed by atoms with Crippen LogP contribution in [0.3, 0.4) is 0 Å². The van der Waals surface area contributed by atoms with E-state index >= 15 is 0 Å². The van der Waals surface area contributed by atoms with E-state index < -0.39 is 22.5 Å². The molecular weight excluding hydrogens is 417 g/mol. The molecule has 0 aliphatic heterocycles. The fourth-order valence-corrected chi connectivity index (χ4v) is 4.44. The maximum atomic E-state index is 13.0. The normalized spacial score (nSPS) is 11.5. The summed E-state index contributed by atoms with van der Waals surface area (Å²) < 4.78 is 74.4. The average Bonchev–Trinajstić information content (AvgIpc) is 3.14. The molecule has 0 spiro atoms. The first kappa shape index (κ1) is 20.0. The third-order valence-corrected chi connectivity index (χ3v) is 6.36. The van der Waals surface area contributed by atoms with Gasteiger partial charge in [0.2, 0.25) is 0 Å². The number of benzene rings is 2. The first-order chi connectivity index (χ1) is 13.3. The minimum Gasteiger partial charge on any atom is -0.494 e. The van der Waals surface area contributed by atoms with Crippen molar-refractivity contribution >= 4 is 27.0 Å². The number of methoxy groups -OCH3 is 1. The number of sulfonamides is 1. The molecule has 0 saturated heterocycles. The predicted molar refractivity (Wildman–Crippen MR) is 97.9 cm³/mol. The molecule has 28 heavy (non-hydrogen) atoms. The fraction of sp³-hybridized carbons (Fsp3) is 0.118. The molecule has 11 heteroatoms. The number of thiazole rings is 1. The highest BCUT2D eigenvalue weighted by atomic mass is 32.2. The molecule has 2 aromatic carbocycles. The number of nitrogens with zero attached hydrogens (tertiary/aromatic N) is 1. The molecule has 0 aliphatic rings. The van der Waals surface area contributed by atoms with Crippen LogP contribution >= 0.6 is 11.3 Å². The van der Waals surface area contributed by atoms with Gasteiger partial charge < -0.3 is 9.47 Å². The van der Waals surface area contributed by atoms with Crippen molar-refractivity contribution in [3.8, 4) is 22.1 Å². The maximum absolute atomic E-state index is 13.0. The van der Waals surface area contributed by atoms with Gasteiger partial charge in [-0.2, -0.15) is 8.78 Å². The minimum atomic E-state index is -4.01. The predicted octanol–water partition coefficient (Wildman–Crippen LogP) is 4.36. The number of rotatable bonds is 7. The lowest BCUT2D eigenvalue weighted by atomic mass is 10.2. The number of alkyl halides is 2. The molecule has 0 bridgehead atoms. The van der Waals surface area contributed by atoms with Crippen molar-refractivity contribution in [1.29, 1.82) is 0 Å². The van der Waals surface area contributed by atoms with Crippen molar-refractivity contribution in [2.45, 2.75) is 10.8 Å². The SMILES string of the molecule is COc1cc(OC(F)F)ccc1NS(=O)(=O)c1cnc(-c2ccc(F)cc2)s1. The first-order valence-electron chi connectivity index (χ1n) is 7.66. The summed E-state index contributed by atoms with van der Waals surface area (Å²) in [5.74, 6) is -0.586. The van der Waals surface area contributed by atoms with E-state index in [1.54, 1.807) is 0 Å². The highest BCUT2D eigenvalue weighted by Crippen LogP contribution is 2.34. The molecule has 3 rings (SSSR count). The molecule has 0 fully saturated rings. The van der Waals surface area contributed by atoms with Gasteiger partial charge in [0.15, 0.2) is 4.21 Å². The zero-order chi connectivity index (χ0) is 20.3. The molecule has 0 unspecified atom stereocenters. The third-order valence-electron chi connectivity index (χ3n) is 3.48. The van der Waals surface area contributed by atoms with Crippen LogP contribution in [0.4, 0.5) is 18.9 Å². The number of hydrogen-bond donors (Lipinski definition) is 1. The smallest absolute Gasteiger partial charge is 0.387 e. The lowest BCUT2D eigenvalue weighted by Gasteiger charge is -2.12. The van der Waals surface area contributed by atoms with E-state index in [1.807, 2.05) is 0 Å². The van der Waals surface area contributed by atoms with Crippen LogP contribution < -0.4 is 14.2 Å². The van der Waals surface area contributed by atoms with Gasteiger partial charge in [0.1, 0.15) is 22.3 Å². The highest BCUT2D eigenvalue weighted by Gasteiger charge is 2.21. The van der Waals surface area contributed by atoms with Crippen LogP contribution in [0.2, 0.25) is 0 Å². The van der Waals surface area contributed by atoms with E-state index in [9.17, 15) is 21.6 Å². The van der Waals surface area contributed by atoms with Crippen LogP contribution in [0.25, 0.3) is 10.6 Å². The van der Waals surface area contributed by atoms with Crippen molar-refractivity contribution in [2.75, 3.05) is 11.8 Å². The summed E-state index contributed by atoms with van der Waals surface area (Å²) in [6.07, 6.45) is 1.17. The first-order valence-corrected chi connectivity index (χ1v) is 9.96. The van der Waals surface area contributed by atoms with Gasteiger partial charge in [-0.3, -0.25) is 4.72 Å². The Bertz CT molecular complexity index is 1070. The second kappa shape index (κ2) is 8.07. The zero-order valence-corrected chi connectivity index (χ0v) is 15.9. The maximum Gasteiger partial charge on any atom is 0.387 e. The van der Waals surface area contributed by atoms with Crippen LogP contribution in [-0.4, -0.2) is 27.1 Å². The van der Waals surface area contributed by atoms with E-state index in [2.05, 4.69) is 14.4 Å². The van der Waals surface area contributed by atoms with Crippen LogP contribution in [0.15, 0.2) is 52.9 Å². The summed E-state index contributed by atoms with van der Waals surface area (Å²) in [5, 5.41) is 0.396. The fourth-order valence-electron chi connectivity index (χ4n) is 2.24.